The second-order valence-corrected chi connectivity index (χ2v) is 6.56. The van der Waals surface area contributed by atoms with E-state index in [0.717, 1.165) is 31.9 Å². The Morgan fingerprint density at radius 2 is 1.95 bits per heavy atom. The summed E-state index contributed by atoms with van der Waals surface area (Å²) in [5.41, 5.74) is 3.83. The number of anilines is 1. The van der Waals surface area contributed by atoms with Crippen molar-refractivity contribution in [1.82, 2.24) is 15.2 Å². The lowest BCUT2D eigenvalue weighted by molar-refractivity contribution is 0.360. The minimum atomic E-state index is 0.494. The molecular weight excluding hydrogens is 260 g/mol. The first-order valence-corrected chi connectivity index (χ1v) is 8.11. The lowest BCUT2D eigenvalue weighted by Crippen LogP contribution is -2.32. The highest BCUT2D eigenvalue weighted by molar-refractivity contribution is 5.52. The molecule has 2 heterocycles. The molecule has 0 unspecified atom stereocenters. The van der Waals surface area contributed by atoms with Crippen LogP contribution in [-0.2, 0) is 6.54 Å². The summed E-state index contributed by atoms with van der Waals surface area (Å²) in [7, 11) is 2.21. The van der Waals surface area contributed by atoms with Gasteiger partial charge in [0.15, 0.2) is 0 Å². The zero-order valence-corrected chi connectivity index (χ0v) is 14.2. The molecule has 1 fully saturated rings. The number of nitrogens with zero attached hydrogens (tertiary/aromatic N) is 3. The summed E-state index contributed by atoms with van der Waals surface area (Å²) in [6.45, 7) is 14.1. The number of hydrogen-bond acceptors (Lipinski definition) is 4. The molecule has 0 aromatic carbocycles. The van der Waals surface area contributed by atoms with Crippen molar-refractivity contribution < 1.29 is 0 Å². The van der Waals surface area contributed by atoms with Crippen LogP contribution >= 0.6 is 0 Å². The summed E-state index contributed by atoms with van der Waals surface area (Å²) in [5.74, 6) is 1.19. The minimum absolute atomic E-state index is 0.494. The number of likely N-dealkylation sites (N-methyl/N-ethyl adjacent to an activating group) is 1. The van der Waals surface area contributed by atoms with Crippen LogP contribution in [0.15, 0.2) is 6.07 Å². The van der Waals surface area contributed by atoms with E-state index in [-0.39, 0.29) is 0 Å². The van der Waals surface area contributed by atoms with Crippen LogP contribution in [0.3, 0.4) is 0 Å². The van der Waals surface area contributed by atoms with Crippen molar-refractivity contribution in [2.45, 2.75) is 46.7 Å². The molecule has 0 bridgehead atoms. The van der Waals surface area contributed by atoms with E-state index in [2.05, 4.69) is 55.9 Å². The summed E-state index contributed by atoms with van der Waals surface area (Å²) in [6.07, 6.45) is 1.21. The average molecular weight is 290 g/mol. The fourth-order valence-electron chi connectivity index (χ4n) is 2.89. The molecule has 4 heteroatoms. The molecule has 2 rings (SSSR count). The smallest absolute Gasteiger partial charge is 0.133 e. The molecular formula is C17H30N4. The maximum absolute atomic E-state index is 4.87. The second-order valence-electron chi connectivity index (χ2n) is 6.56. The van der Waals surface area contributed by atoms with Crippen LogP contribution in [0.1, 0.15) is 37.1 Å². The third-order valence-corrected chi connectivity index (χ3v) is 4.16. The van der Waals surface area contributed by atoms with Gasteiger partial charge in [0.2, 0.25) is 0 Å². The molecule has 1 saturated heterocycles. The van der Waals surface area contributed by atoms with Gasteiger partial charge in [0, 0.05) is 43.5 Å². The molecule has 0 spiro atoms. The molecule has 1 aromatic rings. The topological polar surface area (TPSA) is 31.4 Å². The van der Waals surface area contributed by atoms with E-state index in [4.69, 9.17) is 4.98 Å². The number of aromatic nitrogens is 1. The summed E-state index contributed by atoms with van der Waals surface area (Å²) >= 11 is 0. The predicted molar refractivity (Wildman–Crippen MR) is 90.0 cm³/mol. The summed E-state index contributed by atoms with van der Waals surface area (Å²) in [5, 5.41) is 3.55. The maximum atomic E-state index is 4.87. The first-order valence-electron chi connectivity index (χ1n) is 8.11. The Bertz CT molecular complexity index is 470. The van der Waals surface area contributed by atoms with Gasteiger partial charge >= 0.3 is 0 Å². The Labute approximate surface area is 129 Å². The normalized spacial score (nSPS) is 17.3. The zero-order valence-electron chi connectivity index (χ0n) is 14.2. The van der Waals surface area contributed by atoms with Crippen molar-refractivity contribution in [3.8, 4) is 0 Å². The Balaban J connectivity index is 2.27. The fourth-order valence-corrected chi connectivity index (χ4v) is 2.89. The lowest BCUT2D eigenvalue weighted by Gasteiger charge is -2.26. The highest BCUT2D eigenvalue weighted by Gasteiger charge is 2.18. The van der Waals surface area contributed by atoms with Gasteiger partial charge < -0.3 is 15.1 Å². The van der Waals surface area contributed by atoms with Gasteiger partial charge in [-0.3, -0.25) is 0 Å². The number of hydrogen-bond donors (Lipinski definition) is 1. The van der Waals surface area contributed by atoms with E-state index >= 15 is 0 Å². The van der Waals surface area contributed by atoms with Crippen LogP contribution < -0.4 is 10.2 Å². The molecule has 0 amide bonds. The summed E-state index contributed by atoms with van der Waals surface area (Å²) in [6, 6.07) is 2.69. The average Bonchev–Trinajstić information content (AvgIpc) is 2.61. The lowest BCUT2D eigenvalue weighted by atomic mass is 10.1. The van der Waals surface area contributed by atoms with Crippen molar-refractivity contribution in [3.05, 3.63) is 22.9 Å². The summed E-state index contributed by atoms with van der Waals surface area (Å²) in [4.78, 5) is 9.75. The van der Waals surface area contributed by atoms with Gasteiger partial charge in [0.25, 0.3) is 0 Å². The maximum Gasteiger partial charge on any atom is 0.133 e. The molecule has 0 saturated carbocycles. The van der Waals surface area contributed by atoms with Gasteiger partial charge in [-0.1, -0.05) is 13.8 Å². The van der Waals surface area contributed by atoms with Crippen molar-refractivity contribution >= 4 is 5.82 Å². The summed E-state index contributed by atoms with van der Waals surface area (Å²) < 4.78 is 0. The minimum Gasteiger partial charge on any atom is -0.355 e. The molecule has 1 aliphatic rings. The first-order chi connectivity index (χ1) is 9.97. The Morgan fingerprint density at radius 3 is 2.67 bits per heavy atom. The molecule has 4 nitrogen and oxygen atoms in total. The third kappa shape index (κ3) is 4.42. The van der Waals surface area contributed by atoms with Gasteiger partial charge in [-0.25, -0.2) is 4.98 Å². The van der Waals surface area contributed by atoms with E-state index < -0.39 is 0 Å². The number of aryl methyl sites for hydroxylation is 2. The monoisotopic (exact) mass is 290 g/mol. The third-order valence-electron chi connectivity index (χ3n) is 4.16. The molecule has 0 aliphatic carbocycles. The number of rotatable bonds is 4. The van der Waals surface area contributed by atoms with Crippen LogP contribution in [0.25, 0.3) is 0 Å². The Morgan fingerprint density at radius 1 is 1.19 bits per heavy atom. The molecule has 118 valence electrons. The molecule has 21 heavy (non-hydrogen) atoms. The van der Waals surface area contributed by atoms with Crippen molar-refractivity contribution in [2.24, 2.45) is 0 Å². The zero-order chi connectivity index (χ0) is 15.4. The van der Waals surface area contributed by atoms with Gasteiger partial charge in [-0.2, -0.15) is 0 Å². The van der Waals surface area contributed by atoms with Gasteiger partial charge in [-0.05, 0) is 45.5 Å². The van der Waals surface area contributed by atoms with E-state index in [0.29, 0.717) is 6.04 Å². The van der Waals surface area contributed by atoms with Crippen LogP contribution in [0.5, 0.6) is 0 Å². The van der Waals surface area contributed by atoms with Crippen molar-refractivity contribution in [1.29, 1.82) is 0 Å². The van der Waals surface area contributed by atoms with Gasteiger partial charge in [-0.15, -0.1) is 0 Å². The molecule has 1 N–H and O–H groups in total. The van der Waals surface area contributed by atoms with Crippen LogP contribution in [0.4, 0.5) is 5.82 Å². The largest absolute Gasteiger partial charge is 0.355 e. The van der Waals surface area contributed by atoms with Gasteiger partial charge in [0.1, 0.15) is 5.82 Å². The SMILES string of the molecule is Cc1cc(C)c(CNC(C)C)c(N2CCCN(C)CC2)n1. The second kappa shape index (κ2) is 7.23. The molecule has 0 atom stereocenters. The Kier molecular flexibility index (Phi) is 5.59. The number of pyridine rings is 1. The Hall–Kier alpha value is -1.13. The van der Waals surface area contributed by atoms with Crippen LogP contribution in [0.2, 0.25) is 0 Å². The van der Waals surface area contributed by atoms with E-state index in [9.17, 15) is 0 Å². The standard InChI is InChI=1S/C17H30N4/c1-13(2)18-12-16-14(3)11-15(4)19-17(16)21-8-6-7-20(5)9-10-21/h11,13,18H,6-10,12H2,1-5H3. The van der Waals surface area contributed by atoms with Crippen LogP contribution in [-0.4, -0.2) is 49.2 Å². The van der Waals surface area contributed by atoms with E-state index in [1.54, 1.807) is 0 Å². The fraction of sp³-hybridized carbons (Fsp3) is 0.706. The van der Waals surface area contributed by atoms with Crippen molar-refractivity contribution in [2.75, 3.05) is 38.1 Å². The number of nitrogens with one attached hydrogen (secondary N) is 1. The highest BCUT2D eigenvalue weighted by Crippen LogP contribution is 2.24. The first kappa shape index (κ1) is 16.2. The highest BCUT2D eigenvalue weighted by atomic mass is 15.2. The van der Waals surface area contributed by atoms with Gasteiger partial charge in [0.05, 0.1) is 0 Å². The van der Waals surface area contributed by atoms with Crippen LogP contribution in [0, 0.1) is 13.8 Å². The van der Waals surface area contributed by atoms with E-state index in [1.165, 1.54) is 29.9 Å². The quantitative estimate of drug-likeness (QED) is 0.922. The predicted octanol–water partition coefficient (Wildman–Crippen LogP) is 2.34. The van der Waals surface area contributed by atoms with Crippen molar-refractivity contribution in [3.63, 3.8) is 0 Å². The van der Waals surface area contributed by atoms with E-state index in [1.807, 2.05) is 0 Å². The molecule has 1 aliphatic heterocycles. The molecule has 0 radical (unpaired) electrons. The molecule has 1 aromatic heterocycles.